The number of anilines is 3. The topological polar surface area (TPSA) is 49.8 Å². The maximum absolute atomic E-state index is 4.53. The van der Waals surface area contributed by atoms with Gasteiger partial charge in [0, 0.05) is 25.2 Å². The van der Waals surface area contributed by atoms with Gasteiger partial charge in [-0.25, -0.2) is 9.97 Å². The molecule has 0 aliphatic carbocycles. The summed E-state index contributed by atoms with van der Waals surface area (Å²) < 4.78 is 0. The molecule has 2 aromatic rings. The highest BCUT2D eigenvalue weighted by Crippen LogP contribution is 2.18. The van der Waals surface area contributed by atoms with Crippen molar-refractivity contribution < 1.29 is 0 Å². The second-order valence-electron chi connectivity index (χ2n) is 4.55. The molecule has 4 heteroatoms. The predicted octanol–water partition coefficient (Wildman–Crippen LogP) is 3.52. The van der Waals surface area contributed by atoms with Crippen molar-refractivity contribution in [1.29, 1.82) is 0 Å². The number of aryl methyl sites for hydroxylation is 2. The Morgan fingerprint density at radius 1 is 1.05 bits per heavy atom. The molecule has 0 unspecified atom stereocenters. The summed E-state index contributed by atoms with van der Waals surface area (Å²) in [6.45, 7) is 4.20. The van der Waals surface area contributed by atoms with Crippen LogP contribution in [0, 0.1) is 6.92 Å². The fraction of sp³-hybridized carbons (Fsp3) is 0.333. The van der Waals surface area contributed by atoms with Crippen LogP contribution in [0.2, 0.25) is 0 Å². The average Bonchev–Trinajstić information content (AvgIpc) is 2.41. The molecular formula is C15H20N4. The van der Waals surface area contributed by atoms with E-state index in [1.807, 2.05) is 13.1 Å². The molecule has 0 saturated carbocycles. The van der Waals surface area contributed by atoms with Gasteiger partial charge in [0.25, 0.3) is 0 Å². The Hall–Kier alpha value is -2.10. The van der Waals surface area contributed by atoms with E-state index in [4.69, 9.17) is 0 Å². The minimum absolute atomic E-state index is 0.826. The molecule has 0 saturated heterocycles. The fourth-order valence-corrected chi connectivity index (χ4v) is 1.81. The van der Waals surface area contributed by atoms with Gasteiger partial charge < -0.3 is 10.6 Å². The predicted molar refractivity (Wildman–Crippen MR) is 80.0 cm³/mol. The standard InChI is InChI=1S/C15H20N4/c1-4-5-13-18-14(16-3)10-15(19-13)17-12-8-6-11(2)7-9-12/h6-10H,4-5H2,1-3H3,(H2,16,17,18,19). The molecule has 0 fully saturated rings. The van der Waals surface area contributed by atoms with E-state index >= 15 is 0 Å². The van der Waals surface area contributed by atoms with Gasteiger partial charge in [0.2, 0.25) is 0 Å². The number of rotatable bonds is 5. The Morgan fingerprint density at radius 2 is 1.74 bits per heavy atom. The molecule has 4 nitrogen and oxygen atoms in total. The highest BCUT2D eigenvalue weighted by Gasteiger charge is 2.03. The van der Waals surface area contributed by atoms with Crippen molar-refractivity contribution >= 4 is 17.3 Å². The number of benzene rings is 1. The zero-order chi connectivity index (χ0) is 13.7. The van der Waals surface area contributed by atoms with Crippen molar-refractivity contribution in [2.24, 2.45) is 0 Å². The van der Waals surface area contributed by atoms with Gasteiger partial charge in [0.1, 0.15) is 17.5 Å². The third kappa shape index (κ3) is 3.68. The lowest BCUT2D eigenvalue weighted by molar-refractivity contribution is 0.838. The first-order chi connectivity index (χ1) is 9.21. The van der Waals surface area contributed by atoms with E-state index in [0.29, 0.717) is 0 Å². The second kappa shape index (κ2) is 6.18. The molecule has 1 heterocycles. The van der Waals surface area contributed by atoms with E-state index in [0.717, 1.165) is 36.0 Å². The van der Waals surface area contributed by atoms with Crippen molar-refractivity contribution in [3.63, 3.8) is 0 Å². The van der Waals surface area contributed by atoms with Crippen molar-refractivity contribution in [3.8, 4) is 0 Å². The lowest BCUT2D eigenvalue weighted by atomic mass is 10.2. The largest absolute Gasteiger partial charge is 0.373 e. The van der Waals surface area contributed by atoms with Gasteiger partial charge in [0.05, 0.1) is 0 Å². The molecule has 0 spiro atoms. The van der Waals surface area contributed by atoms with E-state index in [2.05, 4.69) is 58.7 Å². The zero-order valence-corrected chi connectivity index (χ0v) is 11.7. The van der Waals surface area contributed by atoms with Crippen molar-refractivity contribution in [3.05, 3.63) is 41.7 Å². The molecule has 0 bridgehead atoms. The van der Waals surface area contributed by atoms with Gasteiger partial charge in [-0.1, -0.05) is 24.6 Å². The van der Waals surface area contributed by atoms with Crippen LogP contribution in [0.3, 0.4) is 0 Å². The molecular weight excluding hydrogens is 236 g/mol. The monoisotopic (exact) mass is 256 g/mol. The maximum Gasteiger partial charge on any atom is 0.136 e. The van der Waals surface area contributed by atoms with E-state index < -0.39 is 0 Å². The van der Waals surface area contributed by atoms with Crippen LogP contribution in [0.5, 0.6) is 0 Å². The normalized spacial score (nSPS) is 10.3. The highest BCUT2D eigenvalue weighted by molar-refractivity contribution is 5.59. The zero-order valence-electron chi connectivity index (χ0n) is 11.7. The number of hydrogen-bond donors (Lipinski definition) is 2. The highest BCUT2D eigenvalue weighted by atomic mass is 15.1. The van der Waals surface area contributed by atoms with E-state index in [9.17, 15) is 0 Å². The minimum Gasteiger partial charge on any atom is -0.373 e. The number of nitrogens with zero attached hydrogens (tertiary/aromatic N) is 2. The van der Waals surface area contributed by atoms with E-state index in [1.54, 1.807) is 0 Å². The maximum atomic E-state index is 4.53. The molecule has 19 heavy (non-hydrogen) atoms. The van der Waals surface area contributed by atoms with Crippen LogP contribution in [-0.4, -0.2) is 17.0 Å². The van der Waals surface area contributed by atoms with Crippen LogP contribution in [0.25, 0.3) is 0 Å². The van der Waals surface area contributed by atoms with Gasteiger partial charge in [0.15, 0.2) is 0 Å². The van der Waals surface area contributed by atoms with Gasteiger partial charge in [-0.15, -0.1) is 0 Å². The van der Waals surface area contributed by atoms with Crippen molar-refractivity contribution in [2.45, 2.75) is 26.7 Å². The summed E-state index contributed by atoms with van der Waals surface area (Å²) in [6.07, 6.45) is 1.93. The molecule has 2 rings (SSSR count). The first-order valence-electron chi connectivity index (χ1n) is 6.60. The number of nitrogens with one attached hydrogen (secondary N) is 2. The summed E-state index contributed by atoms with van der Waals surface area (Å²) in [7, 11) is 1.87. The molecule has 0 aliphatic rings. The SMILES string of the molecule is CCCc1nc(NC)cc(Nc2ccc(C)cc2)n1. The fourth-order valence-electron chi connectivity index (χ4n) is 1.81. The summed E-state index contributed by atoms with van der Waals surface area (Å²) in [5.41, 5.74) is 2.28. The van der Waals surface area contributed by atoms with Crippen LogP contribution in [0.4, 0.5) is 17.3 Å². The summed E-state index contributed by atoms with van der Waals surface area (Å²) >= 11 is 0. The lowest BCUT2D eigenvalue weighted by Gasteiger charge is -2.09. The second-order valence-corrected chi connectivity index (χ2v) is 4.55. The number of hydrogen-bond acceptors (Lipinski definition) is 4. The Morgan fingerprint density at radius 3 is 2.37 bits per heavy atom. The summed E-state index contributed by atoms with van der Waals surface area (Å²) in [5, 5.41) is 6.38. The number of aromatic nitrogens is 2. The van der Waals surface area contributed by atoms with Crippen LogP contribution in [-0.2, 0) is 6.42 Å². The van der Waals surface area contributed by atoms with Gasteiger partial charge >= 0.3 is 0 Å². The molecule has 2 N–H and O–H groups in total. The summed E-state index contributed by atoms with van der Waals surface area (Å²) in [6, 6.07) is 10.2. The Bertz CT molecular complexity index is 534. The van der Waals surface area contributed by atoms with Gasteiger partial charge in [-0.2, -0.15) is 0 Å². The van der Waals surface area contributed by atoms with Crippen LogP contribution in [0.15, 0.2) is 30.3 Å². The van der Waals surface area contributed by atoms with Crippen molar-refractivity contribution in [2.75, 3.05) is 17.7 Å². The van der Waals surface area contributed by atoms with Gasteiger partial charge in [-0.05, 0) is 25.5 Å². The third-order valence-electron chi connectivity index (χ3n) is 2.83. The Labute approximate surface area is 114 Å². The average molecular weight is 256 g/mol. The third-order valence-corrected chi connectivity index (χ3v) is 2.83. The minimum atomic E-state index is 0.826. The van der Waals surface area contributed by atoms with E-state index in [-0.39, 0.29) is 0 Å². The Kier molecular flexibility index (Phi) is 4.34. The smallest absolute Gasteiger partial charge is 0.136 e. The lowest BCUT2D eigenvalue weighted by Crippen LogP contribution is -2.03. The molecule has 1 aromatic heterocycles. The summed E-state index contributed by atoms with van der Waals surface area (Å²) in [5.74, 6) is 2.53. The molecule has 1 aromatic carbocycles. The summed E-state index contributed by atoms with van der Waals surface area (Å²) in [4.78, 5) is 8.96. The van der Waals surface area contributed by atoms with Crippen LogP contribution in [0.1, 0.15) is 24.7 Å². The molecule has 0 atom stereocenters. The van der Waals surface area contributed by atoms with Crippen LogP contribution < -0.4 is 10.6 Å². The van der Waals surface area contributed by atoms with E-state index in [1.165, 1.54) is 5.56 Å². The van der Waals surface area contributed by atoms with Crippen molar-refractivity contribution in [1.82, 2.24) is 9.97 Å². The Balaban J connectivity index is 2.23. The molecule has 100 valence electrons. The molecule has 0 aliphatic heterocycles. The van der Waals surface area contributed by atoms with Gasteiger partial charge in [-0.3, -0.25) is 0 Å². The first-order valence-corrected chi connectivity index (χ1v) is 6.60. The molecule has 0 radical (unpaired) electrons. The quantitative estimate of drug-likeness (QED) is 0.859. The molecule has 0 amide bonds. The van der Waals surface area contributed by atoms with Crippen LogP contribution >= 0.6 is 0 Å². The first kappa shape index (κ1) is 13.3.